The van der Waals surface area contributed by atoms with E-state index < -0.39 is 0 Å². The highest BCUT2D eigenvalue weighted by Crippen LogP contribution is 2.20. The Morgan fingerprint density at radius 2 is 2.33 bits per heavy atom. The van der Waals surface area contributed by atoms with E-state index in [1.807, 2.05) is 43.2 Å². The van der Waals surface area contributed by atoms with Crippen LogP contribution >= 0.6 is 0 Å². The Bertz CT molecular complexity index is 495. The number of aromatic nitrogens is 3. The van der Waals surface area contributed by atoms with E-state index in [4.69, 9.17) is 4.74 Å². The summed E-state index contributed by atoms with van der Waals surface area (Å²) in [6, 6.07) is 3.79. The summed E-state index contributed by atoms with van der Waals surface area (Å²) in [6.45, 7) is 3.41. The van der Waals surface area contributed by atoms with Gasteiger partial charge in [0.25, 0.3) is 0 Å². The highest BCUT2D eigenvalue weighted by molar-refractivity contribution is 5.49. The van der Waals surface area contributed by atoms with Gasteiger partial charge in [0.1, 0.15) is 0 Å². The van der Waals surface area contributed by atoms with Crippen LogP contribution in [0, 0.1) is 0 Å². The number of hydrogen-bond donors (Lipinski definition) is 1. The minimum absolute atomic E-state index is 0.642. The summed E-state index contributed by atoms with van der Waals surface area (Å²) in [7, 11) is 1.92. The molecule has 18 heavy (non-hydrogen) atoms. The Morgan fingerprint density at radius 3 is 3.06 bits per heavy atom. The fraction of sp³-hybridized carbons (Fsp3) is 0.385. The lowest BCUT2D eigenvalue weighted by molar-refractivity contribution is 0.340. The number of pyridine rings is 1. The summed E-state index contributed by atoms with van der Waals surface area (Å²) in [6.07, 6.45) is 6.57. The van der Waals surface area contributed by atoms with Crippen LogP contribution in [0.25, 0.3) is 0 Å². The third-order valence-corrected chi connectivity index (χ3v) is 2.54. The third-order valence-electron chi connectivity index (χ3n) is 2.54. The molecule has 0 aromatic carbocycles. The van der Waals surface area contributed by atoms with Crippen LogP contribution in [-0.2, 0) is 13.5 Å². The number of nitrogens with zero attached hydrogens (tertiary/aromatic N) is 3. The van der Waals surface area contributed by atoms with E-state index in [1.54, 1.807) is 6.20 Å². The van der Waals surface area contributed by atoms with E-state index in [9.17, 15) is 0 Å². The quantitative estimate of drug-likeness (QED) is 0.845. The standard InChI is InChI=1S/C13H18N4O/c1-3-18-12-5-4-7-14-13(12)15-8-6-11-9-16-17(2)10-11/h4-5,7,9-10H,3,6,8H2,1-2H3,(H,14,15). The molecule has 0 fully saturated rings. The molecule has 2 aromatic heterocycles. The van der Waals surface area contributed by atoms with Gasteiger partial charge in [0, 0.05) is 26.0 Å². The molecule has 2 heterocycles. The van der Waals surface area contributed by atoms with Crippen LogP contribution in [0.3, 0.4) is 0 Å². The van der Waals surface area contributed by atoms with Crippen molar-refractivity contribution in [3.05, 3.63) is 36.3 Å². The van der Waals surface area contributed by atoms with Crippen LogP contribution < -0.4 is 10.1 Å². The lowest BCUT2D eigenvalue weighted by atomic mass is 10.2. The second-order valence-corrected chi connectivity index (χ2v) is 3.98. The molecule has 96 valence electrons. The van der Waals surface area contributed by atoms with Gasteiger partial charge < -0.3 is 10.1 Å². The summed E-state index contributed by atoms with van der Waals surface area (Å²) in [4.78, 5) is 4.28. The molecule has 5 nitrogen and oxygen atoms in total. The molecule has 0 saturated heterocycles. The van der Waals surface area contributed by atoms with E-state index in [2.05, 4.69) is 15.4 Å². The van der Waals surface area contributed by atoms with Crippen LogP contribution in [0.2, 0.25) is 0 Å². The van der Waals surface area contributed by atoms with Gasteiger partial charge in [-0.05, 0) is 31.0 Å². The van der Waals surface area contributed by atoms with Crippen molar-refractivity contribution in [2.45, 2.75) is 13.3 Å². The minimum Gasteiger partial charge on any atom is -0.490 e. The largest absolute Gasteiger partial charge is 0.490 e. The minimum atomic E-state index is 0.642. The van der Waals surface area contributed by atoms with E-state index in [-0.39, 0.29) is 0 Å². The average molecular weight is 246 g/mol. The fourth-order valence-corrected chi connectivity index (χ4v) is 1.72. The summed E-state index contributed by atoms with van der Waals surface area (Å²) in [5.41, 5.74) is 1.21. The van der Waals surface area contributed by atoms with Crippen molar-refractivity contribution in [1.29, 1.82) is 0 Å². The maximum Gasteiger partial charge on any atom is 0.168 e. The van der Waals surface area contributed by atoms with E-state index >= 15 is 0 Å². The molecule has 0 aliphatic heterocycles. The summed E-state index contributed by atoms with van der Waals surface area (Å²) in [5.74, 6) is 1.59. The molecule has 0 bridgehead atoms. The molecule has 0 radical (unpaired) electrons. The molecule has 0 unspecified atom stereocenters. The Hall–Kier alpha value is -2.04. The summed E-state index contributed by atoms with van der Waals surface area (Å²) >= 11 is 0. The highest BCUT2D eigenvalue weighted by Gasteiger charge is 2.03. The Balaban J connectivity index is 1.89. The first-order valence-corrected chi connectivity index (χ1v) is 6.09. The predicted octanol–water partition coefficient (Wildman–Crippen LogP) is 1.87. The van der Waals surface area contributed by atoms with Crippen molar-refractivity contribution < 1.29 is 4.74 Å². The average Bonchev–Trinajstić information content (AvgIpc) is 2.78. The normalized spacial score (nSPS) is 10.3. The van der Waals surface area contributed by atoms with Crippen LogP contribution in [0.4, 0.5) is 5.82 Å². The van der Waals surface area contributed by atoms with Gasteiger partial charge in [-0.2, -0.15) is 5.10 Å². The monoisotopic (exact) mass is 246 g/mol. The molecule has 2 rings (SSSR count). The molecule has 0 spiro atoms. The van der Waals surface area contributed by atoms with Gasteiger partial charge in [0.2, 0.25) is 0 Å². The van der Waals surface area contributed by atoms with Crippen LogP contribution in [0.5, 0.6) is 5.75 Å². The smallest absolute Gasteiger partial charge is 0.168 e. The number of ether oxygens (including phenoxy) is 1. The molecule has 0 aliphatic carbocycles. The van der Waals surface area contributed by atoms with Gasteiger partial charge in [0.15, 0.2) is 11.6 Å². The molecular formula is C13H18N4O. The molecule has 0 saturated carbocycles. The highest BCUT2D eigenvalue weighted by atomic mass is 16.5. The molecule has 2 aromatic rings. The first-order chi connectivity index (χ1) is 8.79. The SMILES string of the molecule is CCOc1cccnc1NCCc1cnn(C)c1. The third kappa shape index (κ3) is 3.23. The maximum absolute atomic E-state index is 5.50. The van der Waals surface area contributed by atoms with Crippen LogP contribution in [0.1, 0.15) is 12.5 Å². The van der Waals surface area contributed by atoms with E-state index in [1.165, 1.54) is 5.56 Å². The lowest BCUT2D eigenvalue weighted by Gasteiger charge is -2.10. The molecule has 5 heteroatoms. The Morgan fingerprint density at radius 1 is 1.44 bits per heavy atom. The van der Waals surface area contributed by atoms with Gasteiger partial charge in [0.05, 0.1) is 12.8 Å². The van der Waals surface area contributed by atoms with Gasteiger partial charge in [-0.15, -0.1) is 0 Å². The van der Waals surface area contributed by atoms with Crippen molar-refractivity contribution in [3.63, 3.8) is 0 Å². The Kier molecular flexibility index (Phi) is 4.17. The second kappa shape index (κ2) is 6.05. The molecule has 0 aliphatic rings. The topological polar surface area (TPSA) is 52.0 Å². The Labute approximate surface area is 107 Å². The molecule has 1 N–H and O–H groups in total. The zero-order valence-electron chi connectivity index (χ0n) is 10.8. The van der Waals surface area contributed by atoms with Gasteiger partial charge in [-0.25, -0.2) is 4.98 Å². The summed E-state index contributed by atoms with van der Waals surface area (Å²) < 4.78 is 7.31. The van der Waals surface area contributed by atoms with E-state index in [0.29, 0.717) is 6.61 Å². The number of rotatable bonds is 6. The van der Waals surface area contributed by atoms with E-state index in [0.717, 1.165) is 24.5 Å². The van der Waals surface area contributed by atoms with Crippen molar-refractivity contribution >= 4 is 5.82 Å². The van der Waals surface area contributed by atoms with Crippen molar-refractivity contribution in [2.24, 2.45) is 7.05 Å². The zero-order valence-corrected chi connectivity index (χ0v) is 10.8. The fourth-order valence-electron chi connectivity index (χ4n) is 1.72. The molecule has 0 amide bonds. The van der Waals surface area contributed by atoms with Gasteiger partial charge >= 0.3 is 0 Å². The van der Waals surface area contributed by atoms with Gasteiger partial charge in [-0.1, -0.05) is 0 Å². The first-order valence-electron chi connectivity index (χ1n) is 6.09. The van der Waals surface area contributed by atoms with Crippen LogP contribution in [0.15, 0.2) is 30.7 Å². The first kappa shape index (κ1) is 12.4. The van der Waals surface area contributed by atoms with Crippen LogP contribution in [-0.4, -0.2) is 27.9 Å². The number of anilines is 1. The zero-order chi connectivity index (χ0) is 12.8. The number of hydrogen-bond acceptors (Lipinski definition) is 4. The number of nitrogens with one attached hydrogen (secondary N) is 1. The van der Waals surface area contributed by atoms with Crippen molar-refractivity contribution in [2.75, 3.05) is 18.5 Å². The maximum atomic E-state index is 5.50. The predicted molar refractivity (Wildman–Crippen MR) is 70.8 cm³/mol. The lowest BCUT2D eigenvalue weighted by Crippen LogP contribution is -2.07. The summed E-state index contributed by atoms with van der Waals surface area (Å²) in [5, 5.41) is 7.42. The number of aryl methyl sites for hydroxylation is 1. The van der Waals surface area contributed by atoms with Crippen molar-refractivity contribution in [3.8, 4) is 5.75 Å². The van der Waals surface area contributed by atoms with Gasteiger partial charge in [-0.3, -0.25) is 4.68 Å². The molecular weight excluding hydrogens is 228 g/mol. The second-order valence-electron chi connectivity index (χ2n) is 3.98. The van der Waals surface area contributed by atoms with Crippen molar-refractivity contribution in [1.82, 2.24) is 14.8 Å². The molecule has 0 atom stereocenters.